The molecular formula is C26H22N2O2S. The first-order valence-corrected chi connectivity index (χ1v) is 11.0. The van der Waals surface area contributed by atoms with Gasteiger partial charge in [-0.2, -0.15) is 0 Å². The lowest BCUT2D eigenvalue weighted by atomic mass is 10.1. The molecule has 0 aliphatic carbocycles. The second-order valence-electron chi connectivity index (χ2n) is 7.18. The van der Waals surface area contributed by atoms with Crippen molar-refractivity contribution in [2.24, 2.45) is 0 Å². The summed E-state index contributed by atoms with van der Waals surface area (Å²) >= 11 is 1.35. The Morgan fingerprint density at radius 3 is 2.32 bits per heavy atom. The number of carbonyl (C=O) groups is 2. The molecule has 0 aromatic heterocycles. The summed E-state index contributed by atoms with van der Waals surface area (Å²) in [7, 11) is 0. The number of fused-ring (bicyclic) bond motifs is 1. The number of hydrogen-bond donors (Lipinski definition) is 2. The average molecular weight is 427 g/mol. The number of anilines is 2. The lowest BCUT2D eigenvalue weighted by Crippen LogP contribution is -2.16. The fourth-order valence-corrected chi connectivity index (χ4v) is 4.13. The molecule has 2 amide bonds. The molecule has 0 fully saturated rings. The minimum absolute atomic E-state index is 0.113. The predicted molar refractivity (Wildman–Crippen MR) is 129 cm³/mol. The molecule has 0 aliphatic heterocycles. The highest BCUT2D eigenvalue weighted by Gasteiger charge is 2.14. The Balaban J connectivity index is 1.45. The molecule has 0 heterocycles. The Morgan fingerprint density at radius 1 is 0.774 bits per heavy atom. The molecule has 0 saturated carbocycles. The molecule has 0 bridgehead atoms. The van der Waals surface area contributed by atoms with E-state index in [0.29, 0.717) is 5.56 Å². The van der Waals surface area contributed by atoms with Crippen LogP contribution in [0.5, 0.6) is 0 Å². The molecule has 154 valence electrons. The van der Waals surface area contributed by atoms with Gasteiger partial charge in [0.25, 0.3) is 5.91 Å². The van der Waals surface area contributed by atoms with Crippen molar-refractivity contribution in [3.05, 3.63) is 102 Å². The fourth-order valence-electron chi connectivity index (χ4n) is 3.28. The predicted octanol–water partition coefficient (Wildman–Crippen LogP) is 6.13. The topological polar surface area (TPSA) is 58.2 Å². The third-order valence-electron chi connectivity index (χ3n) is 4.86. The van der Waals surface area contributed by atoms with Crippen molar-refractivity contribution < 1.29 is 9.59 Å². The summed E-state index contributed by atoms with van der Waals surface area (Å²) in [5.74, 6) is -0.0941. The number of nitrogens with one attached hydrogen (secondary N) is 2. The maximum atomic E-state index is 13.0. The molecule has 0 radical (unpaired) electrons. The second-order valence-corrected chi connectivity index (χ2v) is 8.20. The summed E-state index contributed by atoms with van der Waals surface area (Å²) in [6.07, 6.45) is 0. The molecule has 0 atom stereocenters. The number of carbonyl (C=O) groups excluding carboxylic acids is 2. The normalized spacial score (nSPS) is 10.6. The smallest absolute Gasteiger partial charge is 0.256 e. The van der Waals surface area contributed by atoms with Gasteiger partial charge in [0.15, 0.2) is 0 Å². The Labute approximate surface area is 185 Å². The summed E-state index contributed by atoms with van der Waals surface area (Å²) in [6, 6.07) is 28.8. The van der Waals surface area contributed by atoms with E-state index >= 15 is 0 Å². The van der Waals surface area contributed by atoms with Crippen LogP contribution in [0, 0.1) is 6.92 Å². The zero-order valence-corrected chi connectivity index (χ0v) is 17.9. The fraction of sp³-hybridized carbons (Fsp3) is 0.0769. The van der Waals surface area contributed by atoms with Crippen LogP contribution in [0.25, 0.3) is 10.8 Å². The first kappa shape index (κ1) is 20.7. The van der Waals surface area contributed by atoms with Crippen LogP contribution in [0.1, 0.15) is 15.9 Å². The van der Waals surface area contributed by atoms with Crippen molar-refractivity contribution in [2.75, 3.05) is 16.4 Å². The number of thioether (sulfide) groups is 1. The van der Waals surface area contributed by atoms with E-state index in [2.05, 4.69) is 10.6 Å². The van der Waals surface area contributed by atoms with E-state index in [0.717, 1.165) is 32.6 Å². The van der Waals surface area contributed by atoms with Crippen LogP contribution in [0.15, 0.2) is 95.9 Å². The van der Waals surface area contributed by atoms with Gasteiger partial charge in [-0.25, -0.2) is 0 Å². The first-order chi connectivity index (χ1) is 15.1. The SMILES string of the molecule is Cc1ccc(NC(=O)CSc2ccccc2C(=O)Nc2cccc3ccccc23)cc1. The number of benzene rings is 4. The van der Waals surface area contributed by atoms with Crippen molar-refractivity contribution in [2.45, 2.75) is 11.8 Å². The molecule has 4 aromatic rings. The summed E-state index contributed by atoms with van der Waals surface area (Å²) in [6.45, 7) is 2.00. The number of aryl methyl sites for hydroxylation is 1. The van der Waals surface area contributed by atoms with Crippen molar-refractivity contribution in [1.29, 1.82) is 0 Å². The largest absolute Gasteiger partial charge is 0.325 e. The van der Waals surface area contributed by atoms with Gasteiger partial charge in [0.2, 0.25) is 5.91 Å². The molecule has 0 aliphatic rings. The lowest BCUT2D eigenvalue weighted by molar-refractivity contribution is -0.113. The Hall–Kier alpha value is -3.57. The van der Waals surface area contributed by atoms with E-state index in [1.54, 1.807) is 6.07 Å². The lowest BCUT2D eigenvalue weighted by Gasteiger charge is -2.12. The van der Waals surface area contributed by atoms with Gasteiger partial charge in [-0.05, 0) is 42.6 Å². The van der Waals surface area contributed by atoms with Crippen LogP contribution < -0.4 is 10.6 Å². The van der Waals surface area contributed by atoms with E-state index in [9.17, 15) is 9.59 Å². The van der Waals surface area contributed by atoms with Crippen LogP contribution >= 0.6 is 11.8 Å². The van der Waals surface area contributed by atoms with Crippen LogP contribution in [0.3, 0.4) is 0 Å². The van der Waals surface area contributed by atoms with E-state index in [1.807, 2.05) is 91.9 Å². The summed E-state index contributed by atoms with van der Waals surface area (Å²) in [5.41, 5.74) is 3.21. The molecule has 31 heavy (non-hydrogen) atoms. The number of amides is 2. The zero-order valence-electron chi connectivity index (χ0n) is 17.1. The average Bonchev–Trinajstić information content (AvgIpc) is 2.80. The monoisotopic (exact) mass is 426 g/mol. The maximum absolute atomic E-state index is 13.0. The van der Waals surface area contributed by atoms with Gasteiger partial charge in [0, 0.05) is 21.7 Å². The third kappa shape index (κ3) is 5.13. The Morgan fingerprint density at radius 2 is 1.48 bits per heavy atom. The van der Waals surface area contributed by atoms with Gasteiger partial charge in [-0.1, -0.05) is 66.2 Å². The Bertz CT molecular complexity index is 1230. The quantitative estimate of drug-likeness (QED) is 0.365. The number of hydrogen-bond acceptors (Lipinski definition) is 3. The minimum Gasteiger partial charge on any atom is -0.325 e. The van der Waals surface area contributed by atoms with Crippen molar-refractivity contribution in [3.8, 4) is 0 Å². The zero-order chi connectivity index (χ0) is 21.6. The van der Waals surface area contributed by atoms with Crippen LogP contribution in [-0.2, 0) is 4.79 Å². The van der Waals surface area contributed by atoms with Gasteiger partial charge in [-0.3, -0.25) is 9.59 Å². The third-order valence-corrected chi connectivity index (χ3v) is 5.94. The van der Waals surface area contributed by atoms with Gasteiger partial charge >= 0.3 is 0 Å². The van der Waals surface area contributed by atoms with E-state index in [4.69, 9.17) is 0 Å². The summed E-state index contributed by atoms with van der Waals surface area (Å²) in [5, 5.41) is 7.96. The number of rotatable bonds is 6. The molecule has 4 nitrogen and oxygen atoms in total. The Kier molecular flexibility index (Phi) is 6.34. The minimum atomic E-state index is -0.196. The van der Waals surface area contributed by atoms with Gasteiger partial charge in [-0.15, -0.1) is 11.8 Å². The summed E-state index contributed by atoms with van der Waals surface area (Å²) in [4.78, 5) is 26.1. The first-order valence-electron chi connectivity index (χ1n) is 9.97. The van der Waals surface area contributed by atoms with Gasteiger partial charge < -0.3 is 10.6 Å². The van der Waals surface area contributed by atoms with E-state index in [-0.39, 0.29) is 17.6 Å². The van der Waals surface area contributed by atoms with Crippen molar-refractivity contribution in [3.63, 3.8) is 0 Å². The molecule has 0 unspecified atom stereocenters. The van der Waals surface area contributed by atoms with E-state index in [1.165, 1.54) is 11.8 Å². The van der Waals surface area contributed by atoms with Crippen LogP contribution in [0.2, 0.25) is 0 Å². The highest BCUT2D eigenvalue weighted by atomic mass is 32.2. The van der Waals surface area contributed by atoms with Crippen LogP contribution in [-0.4, -0.2) is 17.6 Å². The molecular weight excluding hydrogens is 404 g/mol. The van der Waals surface area contributed by atoms with Crippen molar-refractivity contribution >= 4 is 45.7 Å². The standard InChI is InChI=1S/C26H22N2O2S/c1-18-13-15-20(16-14-18)27-25(29)17-31-24-12-5-4-10-22(24)26(30)28-23-11-6-8-19-7-2-3-9-21(19)23/h2-16H,17H2,1H3,(H,27,29)(H,28,30). The second kappa shape index (κ2) is 9.49. The van der Waals surface area contributed by atoms with E-state index < -0.39 is 0 Å². The molecule has 0 saturated heterocycles. The highest BCUT2D eigenvalue weighted by molar-refractivity contribution is 8.00. The van der Waals surface area contributed by atoms with Crippen molar-refractivity contribution in [1.82, 2.24) is 0 Å². The maximum Gasteiger partial charge on any atom is 0.256 e. The molecule has 4 rings (SSSR count). The van der Waals surface area contributed by atoms with Crippen LogP contribution in [0.4, 0.5) is 11.4 Å². The molecule has 4 aromatic carbocycles. The van der Waals surface area contributed by atoms with Gasteiger partial charge in [0.05, 0.1) is 11.3 Å². The molecule has 0 spiro atoms. The van der Waals surface area contributed by atoms with Gasteiger partial charge in [0.1, 0.15) is 0 Å². The highest BCUT2D eigenvalue weighted by Crippen LogP contribution is 2.27. The molecule has 5 heteroatoms. The molecule has 2 N–H and O–H groups in total. The summed E-state index contributed by atoms with van der Waals surface area (Å²) < 4.78 is 0.